The summed E-state index contributed by atoms with van der Waals surface area (Å²) in [7, 11) is 0. The Kier molecular flexibility index (Phi) is 10.1. The third-order valence-electron chi connectivity index (χ3n) is 3.10. The molecule has 0 aliphatic rings. The molecule has 0 heterocycles. The molecule has 0 aliphatic carbocycles. The van der Waals surface area contributed by atoms with Crippen molar-refractivity contribution in [2.45, 2.75) is 51.5 Å². The first-order valence-corrected chi connectivity index (χ1v) is 6.88. The number of carbonyl (C=O) groups is 2. The molecule has 0 aromatic heterocycles. The second-order valence-corrected chi connectivity index (χ2v) is 4.74. The maximum absolute atomic E-state index is 11.7. The van der Waals surface area contributed by atoms with Gasteiger partial charge in [-0.05, 0) is 25.3 Å². The van der Waals surface area contributed by atoms with Crippen LogP contribution in [0.5, 0.6) is 0 Å². The van der Waals surface area contributed by atoms with Crippen LogP contribution in [0.3, 0.4) is 0 Å². The molecule has 5 N–H and O–H groups in total. The van der Waals surface area contributed by atoms with Crippen LogP contribution in [0.25, 0.3) is 0 Å². The third kappa shape index (κ3) is 8.56. The van der Waals surface area contributed by atoms with Crippen LogP contribution in [-0.2, 0) is 9.59 Å². The van der Waals surface area contributed by atoms with Crippen LogP contribution in [0.15, 0.2) is 0 Å². The van der Waals surface area contributed by atoms with E-state index in [2.05, 4.69) is 12.2 Å². The molecule has 0 rings (SSSR count). The number of rotatable bonds is 11. The van der Waals surface area contributed by atoms with E-state index in [0.29, 0.717) is 18.9 Å². The second-order valence-electron chi connectivity index (χ2n) is 4.74. The molecule has 0 saturated carbocycles. The fraction of sp³-hybridized carbons (Fsp3) is 0.846. The van der Waals surface area contributed by atoms with Gasteiger partial charge in [0, 0.05) is 19.4 Å². The summed E-state index contributed by atoms with van der Waals surface area (Å²) in [5.74, 6) is -0.977. The zero-order valence-corrected chi connectivity index (χ0v) is 11.6. The van der Waals surface area contributed by atoms with Gasteiger partial charge in [0.2, 0.25) is 5.91 Å². The lowest BCUT2D eigenvalue weighted by Crippen LogP contribution is -2.41. The zero-order valence-electron chi connectivity index (χ0n) is 11.6. The lowest BCUT2D eigenvalue weighted by molar-refractivity contribution is -0.142. The molecule has 0 radical (unpaired) electrons. The number of nitrogens with one attached hydrogen (secondary N) is 1. The SMILES string of the molecule is CCCC(CCN)CCC(=O)NC(CCO)C(=O)O. The van der Waals surface area contributed by atoms with E-state index < -0.39 is 12.0 Å². The van der Waals surface area contributed by atoms with Gasteiger partial charge in [-0.25, -0.2) is 4.79 Å². The van der Waals surface area contributed by atoms with Crippen LogP contribution in [0.2, 0.25) is 0 Å². The number of nitrogens with two attached hydrogens (primary N) is 1. The Bertz CT molecular complexity index is 265. The van der Waals surface area contributed by atoms with Crippen molar-refractivity contribution in [2.75, 3.05) is 13.2 Å². The molecule has 0 aromatic carbocycles. The van der Waals surface area contributed by atoms with E-state index in [1.54, 1.807) is 0 Å². The van der Waals surface area contributed by atoms with Gasteiger partial charge in [-0.15, -0.1) is 0 Å². The van der Waals surface area contributed by atoms with Gasteiger partial charge in [-0.1, -0.05) is 19.8 Å². The van der Waals surface area contributed by atoms with Crippen LogP contribution in [0.1, 0.15) is 45.4 Å². The van der Waals surface area contributed by atoms with Gasteiger partial charge in [0.1, 0.15) is 6.04 Å². The van der Waals surface area contributed by atoms with Gasteiger partial charge in [-0.2, -0.15) is 0 Å². The Morgan fingerprint density at radius 3 is 2.37 bits per heavy atom. The molecule has 6 nitrogen and oxygen atoms in total. The predicted octanol–water partition coefficient (Wildman–Crippen LogP) is 0.484. The third-order valence-corrected chi connectivity index (χ3v) is 3.10. The number of aliphatic carboxylic acids is 1. The molecule has 6 heteroatoms. The lowest BCUT2D eigenvalue weighted by Gasteiger charge is -2.16. The first-order chi connectivity index (χ1) is 9.04. The Balaban J connectivity index is 4.10. The second kappa shape index (κ2) is 10.8. The fourth-order valence-electron chi connectivity index (χ4n) is 2.07. The van der Waals surface area contributed by atoms with Gasteiger partial charge in [0.15, 0.2) is 0 Å². The van der Waals surface area contributed by atoms with E-state index in [1.807, 2.05) is 0 Å². The number of aliphatic hydroxyl groups excluding tert-OH is 1. The van der Waals surface area contributed by atoms with Crippen molar-refractivity contribution in [3.05, 3.63) is 0 Å². The summed E-state index contributed by atoms with van der Waals surface area (Å²) >= 11 is 0. The van der Waals surface area contributed by atoms with E-state index in [0.717, 1.165) is 25.7 Å². The summed E-state index contributed by atoms with van der Waals surface area (Å²) < 4.78 is 0. The average Bonchev–Trinajstić information content (AvgIpc) is 2.36. The molecule has 2 atom stereocenters. The van der Waals surface area contributed by atoms with E-state index in [9.17, 15) is 9.59 Å². The summed E-state index contributed by atoms with van der Waals surface area (Å²) in [6.07, 6.45) is 4.03. The highest BCUT2D eigenvalue weighted by molar-refractivity contribution is 5.83. The molecule has 0 aliphatic heterocycles. The van der Waals surface area contributed by atoms with Crippen molar-refractivity contribution < 1.29 is 19.8 Å². The normalized spacial score (nSPS) is 13.8. The molecule has 0 bridgehead atoms. The number of carboxylic acids is 1. The van der Waals surface area contributed by atoms with E-state index >= 15 is 0 Å². The van der Waals surface area contributed by atoms with Gasteiger partial charge in [0.25, 0.3) is 0 Å². The molecule has 0 spiro atoms. The molecule has 0 saturated heterocycles. The van der Waals surface area contributed by atoms with Crippen molar-refractivity contribution in [1.29, 1.82) is 0 Å². The predicted molar refractivity (Wildman–Crippen MR) is 72.6 cm³/mol. The number of carboxylic acid groups (broad SMARTS) is 1. The van der Waals surface area contributed by atoms with Gasteiger partial charge >= 0.3 is 5.97 Å². The van der Waals surface area contributed by atoms with E-state index in [-0.39, 0.29) is 18.9 Å². The minimum atomic E-state index is -1.12. The quantitative estimate of drug-likeness (QED) is 0.438. The molecular weight excluding hydrogens is 248 g/mol. The molecule has 0 aromatic rings. The van der Waals surface area contributed by atoms with Gasteiger partial charge in [0.05, 0.1) is 0 Å². The first-order valence-electron chi connectivity index (χ1n) is 6.88. The highest BCUT2D eigenvalue weighted by Gasteiger charge is 2.19. The fourth-order valence-corrected chi connectivity index (χ4v) is 2.07. The highest BCUT2D eigenvalue weighted by atomic mass is 16.4. The van der Waals surface area contributed by atoms with Gasteiger partial charge < -0.3 is 21.3 Å². The smallest absolute Gasteiger partial charge is 0.326 e. The minimum absolute atomic E-state index is 0.0300. The number of hydrogen-bond acceptors (Lipinski definition) is 4. The molecular formula is C13H26N2O4. The van der Waals surface area contributed by atoms with Crippen molar-refractivity contribution >= 4 is 11.9 Å². The average molecular weight is 274 g/mol. The molecule has 1 amide bonds. The maximum Gasteiger partial charge on any atom is 0.326 e. The van der Waals surface area contributed by atoms with Crippen LogP contribution < -0.4 is 11.1 Å². The number of amides is 1. The molecule has 112 valence electrons. The summed E-state index contributed by atoms with van der Waals surface area (Å²) in [4.78, 5) is 22.5. The highest BCUT2D eigenvalue weighted by Crippen LogP contribution is 2.16. The molecule has 2 unspecified atom stereocenters. The van der Waals surface area contributed by atoms with Crippen LogP contribution in [-0.4, -0.2) is 41.3 Å². The van der Waals surface area contributed by atoms with Crippen LogP contribution in [0, 0.1) is 5.92 Å². The Morgan fingerprint density at radius 1 is 1.21 bits per heavy atom. The summed E-state index contributed by atoms with van der Waals surface area (Å²) in [5.41, 5.74) is 5.52. The van der Waals surface area contributed by atoms with Crippen molar-refractivity contribution in [3.63, 3.8) is 0 Å². The Labute approximate surface area is 114 Å². The zero-order chi connectivity index (χ0) is 14.7. The lowest BCUT2D eigenvalue weighted by atomic mass is 9.94. The van der Waals surface area contributed by atoms with Crippen LogP contribution >= 0.6 is 0 Å². The molecule has 0 fully saturated rings. The number of aliphatic hydroxyl groups is 1. The summed E-state index contributed by atoms with van der Waals surface area (Å²) in [6, 6.07) is -1.00. The number of hydrogen-bond donors (Lipinski definition) is 4. The summed E-state index contributed by atoms with van der Waals surface area (Å²) in [6.45, 7) is 2.43. The van der Waals surface area contributed by atoms with Crippen LogP contribution in [0.4, 0.5) is 0 Å². The van der Waals surface area contributed by atoms with Crippen molar-refractivity contribution in [3.8, 4) is 0 Å². The first kappa shape index (κ1) is 17.9. The Hall–Kier alpha value is -1.14. The maximum atomic E-state index is 11.7. The monoisotopic (exact) mass is 274 g/mol. The Morgan fingerprint density at radius 2 is 1.89 bits per heavy atom. The topological polar surface area (TPSA) is 113 Å². The van der Waals surface area contributed by atoms with Crippen molar-refractivity contribution in [2.24, 2.45) is 11.7 Å². The van der Waals surface area contributed by atoms with Crippen molar-refractivity contribution in [1.82, 2.24) is 5.32 Å². The number of carbonyl (C=O) groups excluding carboxylic acids is 1. The van der Waals surface area contributed by atoms with E-state index in [1.165, 1.54) is 0 Å². The largest absolute Gasteiger partial charge is 0.480 e. The summed E-state index contributed by atoms with van der Waals surface area (Å²) in [5, 5.41) is 20.0. The van der Waals surface area contributed by atoms with Gasteiger partial charge in [-0.3, -0.25) is 4.79 Å². The van der Waals surface area contributed by atoms with E-state index in [4.69, 9.17) is 15.9 Å². The minimum Gasteiger partial charge on any atom is -0.480 e. The molecule has 19 heavy (non-hydrogen) atoms. The standard InChI is InChI=1S/C13H26N2O4/c1-2-3-10(6-8-14)4-5-12(17)15-11(7-9-16)13(18)19/h10-11,16H,2-9,14H2,1H3,(H,15,17)(H,18,19).